The van der Waals surface area contributed by atoms with Gasteiger partial charge in [0.15, 0.2) is 12.4 Å². The van der Waals surface area contributed by atoms with Crippen molar-refractivity contribution in [1.29, 1.82) is 0 Å². The van der Waals surface area contributed by atoms with E-state index in [2.05, 4.69) is 9.55 Å². The molecule has 2 aromatic heterocycles. The third-order valence-corrected chi connectivity index (χ3v) is 4.99. The monoisotopic (exact) mass is 383 g/mol. The lowest BCUT2D eigenvalue weighted by Gasteiger charge is -2.10. The van der Waals surface area contributed by atoms with Crippen molar-refractivity contribution in [3.05, 3.63) is 87.6 Å². The number of hydrogen-bond acceptors (Lipinski definition) is 2. The average molecular weight is 384 g/mol. The summed E-state index contributed by atoms with van der Waals surface area (Å²) in [5, 5.41) is 12.9. The normalized spacial score (nSPS) is 11.2. The van der Waals surface area contributed by atoms with Crippen LogP contribution in [0.1, 0.15) is 11.4 Å². The average Bonchev–Trinajstić information content (AvgIpc) is 2.93. The molecule has 0 fully saturated rings. The first-order valence-corrected chi connectivity index (χ1v) is 8.87. The van der Waals surface area contributed by atoms with Crippen LogP contribution in [-0.4, -0.2) is 9.55 Å². The Labute approximate surface area is 160 Å². The van der Waals surface area contributed by atoms with E-state index >= 15 is 0 Å². The molecular weight excluding hydrogens is 369 g/mol. The summed E-state index contributed by atoms with van der Waals surface area (Å²) in [5.74, 6) is 0.889. The van der Waals surface area contributed by atoms with Crippen LogP contribution in [0.2, 0.25) is 10.0 Å². The molecule has 0 radical (unpaired) electrons. The number of benzene rings is 2. The second kappa shape index (κ2) is 6.63. The van der Waals surface area contributed by atoms with Gasteiger partial charge in [-0.2, -0.15) is 4.73 Å². The minimum absolute atomic E-state index is 0.571. The maximum atomic E-state index is 11.6. The van der Waals surface area contributed by atoms with E-state index in [-0.39, 0.29) is 0 Å². The lowest BCUT2D eigenvalue weighted by atomic mass is 10.1. The summed E-state index contributed by atoms with van der Waals surface area (Å²) in [4.78, 5) is 4.63. The summed E-state index contributed by atoms with van der Waals surface area (Å²) in [5.41, 5.74) is 4.63. The second-order valence-corrected chi connectivity index (χ2v) is 6.98. The fraction of sp³-hybridized carbons (Fsp3) is 0.100. The third kappa shape index (κ3) is 3.14. The summed E-state index contributed by atoms with van der Waals surface area (Å²) in [6.07, 6.45) is 3.03. The molecule has 2 aromatic carbocycles. The molecular formula is C20H15Cl2N3O. The van der Waals surface area contributed by atoms with E-state index in [4.69, 9.17) is 23.2 Å². The molecule has 0 unspecified atom stereocenters. The van der Waals surface area contributed by atoms with Gasteiger partial charge in [0.25, 0.3) is 0 Å². The second-order valence-electron chi connectivity index (χ2n) is 6.14. The molecule has 0 saturated carbocycles. The maximum Gasteiger partial charge on any atom is 0.188 e. The molecule has 0 aliphatic heterocycles. The number of aryl methyl sites for hydroxylation is 1. The molecule has 0 bridgehead atoms. The summed E-state index contributed by atoms with van der Waals surface area (Å²) < 4.78 is 2.90. The smallest absolute Gasteiger partial charge is 0.188 e. The zero-order valence-corrected chi connectivity index (χ0v) is 15.5. The summed E-state index contributed by atoms with van der Waals surface area (Å²) in [6, 6.07) is 15.1. The number of aromatic nitrogens is 3. The van der Waals surface area contributed by atoms with Crippen LogP contribution in [0, 0.1) is 12.1 Å². The van der Waals surface area contributed by atoms with Crippen molar-refractivity contribution in [3.63, 3.8) is 0 Å². The van der Waals surface area contributed by atoms with Gasteiger partial charge in [0, 0.05) is 21.7 Å². The lowest BCUT2D eigenvalue weighted by molar-refractivity contribution is -0.604. The number of pyridine rings is 1. The van der Waals surface area contributed by atoms with Crippen molar-refractivity contribution in [3.8, 4) is 11.1 Å². The fourth-order valence-electron chi connectivity index (χ4n) is 3.08. The first kappa shape index (κ1) is 16.9. The van der Waals surface area contributed by atoms with Crippen molar-refractivity contribution in [2.45, 2.75) is 13.5 Å². The van der Waals surface area contributed by atoms with Crippen LogP contribution in [0.3, 0.4) is 0 Å². The quantitative estimate of drug-likeness (QED) is 0.369. The minimum atomic E-state index is 0.571. The molecule has 0 saturated heterocycles. The predicted octanol–water partition coefficient (Wildman–Crippen LogP) is 5.00. The van der Waals surface area contributed by atoms with Crippen LogP contribution in [0.15, 0.2) is 60.9 Å². The predicted molar refractivity (Wildman–Crippen MR) is 104 cm³/mol. The van der Waals surface area contributed by atoms with Gasteiger partial charge in [-0.1, -0.05) is 29.3 Å². The van der Waals surface area contributed by atoms with Crippen LogP contribution in [-0.2, 0) is 6.54 Å². The summed E-state index contributed by atoms with van der Waals surface area (Å²) in [6.45, 7) is 2.54. The highest BCUT2D eigenvalue weighted by Gasteiger charge is 2.12. The van der Waals surface area contributed by atoms with E-state index in [1.54, 1.807) is 24.4 Å². The van der Waals surface area contributed by atoms with Gasteiger partial charge >= 0.3 is 0 Å². The zero-order valence-electron chi connectivity index (χ0n) is 14.0. The molecule has 4 rings (SSSR count). The van der Waals surface area contributed by atoms with E-state index in [0.717, 1.165) is 38.3 Å². The molecule has 4 nitrogen and oxygen atoms in total. The number of imidazole rings is 1. The van der Waals surface area contributed by atoms with Gasteiger partial charge in [0.1, 0.15) is 5.82 Å². The summed E-state index contributed by atoms with van der Waals surface area (Å²) >= 11 is 12.5. The van der Waals surface area contributed by atoms with Gasteiger partial charge in [-0.3, -0.25) is 0 Å². The van der Waals surface area contributed by atoms with Crippen molar-refractivity contribution in [2.75, 3.05) is 0 Å². The Bertz CT molecular complexity index is 1120. The molecule has 2 heterocycles. The van der Waals surface area contributed by atoms with E-state index in [1.165, 1.54) is 6.20 Å². The van der Waals surface area contributed by atoms with Gasteiger partial charge < -0.3 is 9.77 Å². The molecule has 0 atom stereocenters. The Morgan fingerprint density at radius 1 is 1.08 bits per heavy atom. The minimum Gasteiger partial charge on any atom is -0.619 e. The molecule has 26 heavy (non-hydrogen) atoms. The van der Waals surface area contributed by atoms with E-state index in [0.29, 0.717) is 16.6 Å². The van der Waals surface area contributed by atoms with Gasteiger partial charge in [-0.25, -0.2) is 4.98 Å². The van der Waals surface area contributed by atoms with Crippen molar-refractivity contribution in [2.24, 2.45) is 0 Å². The Kier molecular flexibility index (Phi) is 4.31. The number of nitrogens with zero attached hydrogens (tertiary/aromatic N) is 3. The lowest BCUT2D eigenvalue weighted by Crippen LogP contribution is -2.23. The number of hydrogen-bond donors (Lipinski definition) is 0. The molecule has 0 aliphatic carbocycles. The standard InChI is InChI=1S/C20H15Cl2N3O/c1-13-23-19-7-4-14(15-3-2-8-24(26)11-15)10-20(19)25(13)12-16-9-17(21)5-6-18(16)22/h2-11H,12H2,1H3. The molecule has 0 N–H and O–H groups in total. The third-order valence-electron chi connectivity index (χ3n) is 4.38. The molecule has 0 spiro atoms. The highest BCUT2D eigenvalue weighted by atomic mass is 35.5. The van der Waals surface area contributed by atoms with E-state index in [1.807, 2.05) is 37.3 Å². The Morgan fingerprint density at radius 2 is 1.92 bits per heavy atom. The molecule has 130 valence electrons. The van der Waals surface area contributed by atoms with Crippen LogP contribution in [0.25, 0.3) is 22.2 Å². The van der Waals surface area contributed by atoms with Crippen LogP contribution in [0.4, 0.5) is 0 Å². The van der Waals surface area contributed by atoms with Gasteiger partial charge in [0.05, 0.1) is 17.6 Å². The summed E-state index contributed by atoms with van der Waals surface area (Å²) in [7, 11) is 0. The maximum absolute atomic E-state index is 11.6. The van der Waals surface area contributed by atoms with E-state index in [9.17, 15) is 5.21 Å². The van der Waals surface area contributed by atoms with Crippen LogP contribution >= 0.6 is 23.2 Å². The molecule has 0 amide bonds. The molecule has 4 aromatic rings. The fourth-order valence-corrected chi connectivity index (χ4v) is 3.45. The Morgan fingerprint density at radius 3 is 2.73 bits per heavy atom. The molecule has 6 heteroatoms. The molecule has 0 aliphatic rings. The van der Waals surface area contributed by atoms with Crippen molar-refractivity contribution in [1.82, 2.24) is 9.55 Å². The number of rotatable bonds is 3. The Balaban J connectivity index is 1.83. The SMILES string of the molecule is Cc1nc2ccc(-c3ccc[n+]([O-])c3)cc2n1Cc1cc(Cl)ccc1Cl. The van der Waals surface area contributed by atoms with Gasteiger partial charge in [-0.05, 0) is 54.4 Å². The number of fused-ring (bicyclic) bond motifs is 1. The zero-order chi connectivity index (χ0) is 18.3. The van der Waals surface area contributed by atoms with Crippen molar-refractivity contribution < 1.29 is 4.73 Å². The number of halogens is 2. The highest BCUT2D eigenvalue weighted by molar-refractivity contribution is 6.33. The largest absolute Gasteiger partial charge is 0.619 e. The Hall–Kier alpha value is -2.56. The van der Waals surface area contributed by atoms with Crippen molar-refractivity contribution >= 4 is 34.2 Å². The first-order valence-electron chi connectivity index (χ1n) is 8.11. The first-order chi connectivity index (χ1) is 12.5. The van der Waals surface area contributed by atoms with Gasteiger partial charge in [0.2, 0.25) is 0 Å². The van der Waals surface area contributed by atoms with Crippen LogP contribution in [0.5, 0.6) is 0 Å². The van der Waals surface area contributed by atoms with Crippen LogP contribution < -0.4 is 4.73 Å². The highest BCUT2D eigenvalue weighted by Crippen LogP contribution is 2.27. The van der Waals surface area contributed by atoms with Gasteiger partial charge in [-0.15, -0.1) is 0 Å². The van der Waals surface area contributed by atoms with E-state index < -0.39 is 0 Å². The topological polar surface area (TPSA) is 44.8 Å².